The van der Waals surface area contributed by atoms with Gasteiger partial charge in [-0.1, -0.05) is 6.07 Å². The first-order valence-electron chi connectivity index (χ1n) is 8.11. The van der Waals surface area contributed by atoms with E-state index in [2.05, 4.69) is 20.3 Å². The summed E-state index contributed by atoms with van der Waals surface area (Å²) in [5.74, 6) is 1.54. The molecule has 0 atom stereocenters. The minimum Gasteiger partial charge on any atom is -0.497 e. The molecule has 2 aromatic carbocycles. The Labute approximate surface area is 144 Å². The largest absolute Gasteiger partial charge is 0.497 e. The number of benzene rings is 2. The Balaban J connectivity index is 1.40. The summed E-state index contributed by atoms with van der Waals surface area (Å²) in [7, 11) is 1.64. The predicted octanol–water partition coefficient (Wildman–Crippen LogP) is 3.03. The van der Waals surface area contributed by atoms with Gasteiger partial charge in [-0.05, 0) is 35.7 Å². The van der Waals surface area contributed by atoms with Gasteiger partial charge in [-0.3, -0.25) is 4.79 Å². The van der Waals surface area contributed by atoms with Gasteiger partial charge in [-0.2, -0.15) is 0 Å². The summed E-state index contributed by atoms with van der Waals surface area (Å²) in [5.41, 5.74) is 3.42. The maximum atomic E-state index is 12.3. The molecule has 2 aromatic heterocycles. The van der Waals surface area contributed by atoms with Gasteiger partial charge in [0.05, 0.1) is 18.1 Å². The molecule has 1 amide bonds. The number of nitrogens with zero attached hydrogens (tertiary/aromatic N) is 1. The van der Waals surface area contributed by atoms with Gasteiger partial charge in [0, 0.05) is 36.3 Å². The van der Waals surface area contributed by atoms with Crippen LogP contribution in [-0.2, 0) is 6.42 Å². The number of hydrogen-bond donors (Lipinski definition) is 3. The lowest BCUT2D eigenvalue weighted by Crippen LogP contribution is -2.25. The highest BCUT2D eigenvalue weighted by Crippen LogP contribution is 2.19. The molecular weight excluding hydrogens is 316 g/mol. The fourth-order valence-electron chi connectivity index (χ4n) is 2.87. The van der Waals surface area contributed by atoms with E-state index in [0.29, 0.717) is 18.5 Å². The van der Waals surface area contributed by atoms with Crippen LogP contribution < -0.4 is 10.1 Å². The first kappa shape index (κ1) is 15.3. The number of nitrogens with one attached hydrogen (secondary N) is 3. The number of hydrogen-bond acceptors (Lipinski definition) is 3. The van der Waals surface area contributed by atoms with E-state index in [1.165, 1.54) is 0 Å². The smallest absolute Gasteiger partial charge is 0.251 e. The Morgan fingerprint density at radius 2 is 2.08 bits per heavy atom. The number of methoxy groups -OCH3 is 1. The molecule has 0 aliphatic carbocycles. The highest BCUT2D eigenvalue weighted by Gasteiger charge is 2.08. The van der Waals surface area contributed by atoms with Crippen molar-refractivity contribution in [2.24, 2.45) is 0 Å². The standard InChI is InChI=1S/C19H18N4O2/c1-25-14-4-5-15-17(11-14)23-18(22-15)7-9-21-19(24)13-3-2-12-6-8-20-16(12)10-13/h2-6,8,10-11,20H,7,9H2,1H3,(H,21,24)(H,22,23). The summed E-state index contributed by atoms with van der Waals surface area (Å²) < 4.78 is 5.21. The Hall–Kier alpha value is -3.28. The van der Waals surface area contributed by atoms with Crippen molar-refractivity contribution in [3.05, 3.63) is 60.0 Å². The molecule has 0 spiro atoms. The van der Waals surface area contributed by atoms with E-state index in [-0.39, 0.29) is 5.91 Å². The van der Waals surface area contributed by atoms with Crippen molar-refractivity contribution in [2.45, 2.75) is 6.42 Å². The third kappa shape index (κ3) is 3.06. The van der Waals surface area contributed by atoms with Crippen molar-refractivity contribution in [2.75, 3.05) is 13.7 Å². The lowest BCUT2D eigenvalue weighted by atomic mass is 10.1. The molecule has 6 heteroatoms. The summed E-state index contributed by atoms with van der Waals surface area (Å²) in [4.78, 5) is 23.2. The summed E-state index contributed by atoms with van der Waals surface area (Å²) in [5, 5.41) is 4.03. The number of ether oxygens (including phenoxy) is 1. The molecule has 0 aliphatic rings. The number of imidazole rings is 1. The predicted molar refractivity (Wildman–Crippen MR) is 97.0 cm³/mol. The molecule has 126 valence electrons. The Kier molecular flexibility index (Phi) is 3.85. The fraction of sp³-hybridized carbons (Fsp3) is 0.158. The van der Waals surface area contributed by atoms with Crippen LogP contribution in [0.5, 0.6) is 5.75 Å². The quantitative estimate of drug-likeness (QED) is 0.524. The molecular formula is C19H18N4O2. The molecule has 6 nitrogen and oxygen atoms in total. The van der Waals surface area contributed by atoms with Gasteiger partial charge in [0.25, 0.3) is 5.91 Å². The van der Waals surface area contributed by atoms with E-state index >= 15 is 0 Å². The lowest BCUT2D eigenvalue weighted by molar-refractivity contribution is 0.0954. The van der Waals surface area contributed by atoms with E-state index in [4.69, 9.17) is 4.74 Å². The zero-order valence-electron chi connectivity index (χ0n) is 13.8. The van der Waals surface area contributed by atoms with Crippen LogP contribution in [0, 0.1) is 0 Å². The van der Waals surface area contributed by atoms with Crippen molar-refractivity contribution in [1.29, 1.82) is 0 Å². The van der Waals surface area contributed by atoms with Crippen molar-refractivity contribution < 1.29 is 9.53 Å². The van der Waals surface area contributed by atoms with Crippen molar-refractivity contribution in [3.8, 4) is 5.75 Å². The summed E-state index contributed by atoms with van der Waals surface area (Å²) >= 11 is 0. The zero-order chi connectivity index (χ0) is 17.2. The van der Waals surface area contributed by atoms with E-state index < -0.39 is 0 Å². The van der Waals surface area contributed by atoms with E-state index in [1.54, 1.807) is 7.11 Å². The highest BCUT2D eigenvalue weighted by molar-refractivity contribution is 5.97. The van der Waals surface area contributed by atoms with Gasteiger partial charge in [-0.25, -0.2) is 4.98 Å². The van der Waals surface area contributed by atoms with Crippen molar-refractivity contribution >= 4 is 27.8 Å². The zero-order valence-corrected chi connectivity index (χ0v) is 13.8. The van der Waals surface area contributed by atoms with Crippen LogP contribution in [0.15, 0.2) is 48.7 Å². The summed E-state index contributed by atoms with van der Waals surface area (Å²) in [6.45, 7) is 0.512. The molecule has 0 bridgehead atoms. The highest BCUT2D eigenvalue weighted by atomic mass is 16.5. The van der Waals surface area contributed by atoms with E-state index in [0.717, 1.165) is 33.5 Å². The fourth-order valence-corrected chi connectivity index (χ4v) is 2.87. The Morgan fingerprint density at radius 3 is 2.96 bits per heavy atom. The summed E-state index contributed by atoms with van der Waals surface area (Å²) in [6, 6.07) is 13.3. The van der Waals surface area contributed by atoms with Crippen LogP contribution in [0.3, 0.4) is 0 Å². The SMILES string of the molecule is COc1ccc2nc(CCNC(=O)c3ccc4cc[nH]c4c3)[nH]c2c1. The molecule has 4 rings (SSSR count). The van der Waals surface area contributed by atoms with Gasteiger partial charge in [0.2, 0.25) is 0 Å². The number of aromatic nitrogens is 3. The normalized spacial score (nSPS) is 11.1. The van der Waals surface area contributed by atoms with E-state index in [9.17, 15) is 4.79 Å². The minimum absolute atomic E-state index is 0.0886. The molecule has 25 heavy (non-hydrogen) atoms. The molecule has 0 aliphatic heterocycles. The number of H-pyrrole nitrogens is 2. The van der Waals surface area contributed by atoms with Crippen LogP contribution in [0.4, 0.5) is 0 Å². The third-order valence-corrected chi connectivity index (χ3v) is 4.20. The second-order valence-corrected chi connectivity index (χ2v) is 5.85. The number of carbonyl (C=O) groups is 1. The van der Waals surface area contributed by atoms with E-state index in [1.807, 2.05) is 48.7 Å². The van der Waals surface area contributed by atoms with Gasteiger partial charge >= 0.3 is 0 Å². The average Bonchev–Trinajstić information content (AvgIpc) is 3.26. The van der Waals surface area contributed by atoms with Crippen molar-refractivity contribution in [3.63, 3.8) is 0 Å². The number of aromatic amines is 2. The number of carbonyl (C=O) groups excluding carboxylic acids is 1. The van der Waals surface area contributed by atoms with Crippen molar-refractivity contribution in [1.82, 2.24) is 20.3 Å². The second kappa shape index (κ2) is 6.32. The van der Waals surface area contributed by atoms with Gasteiger partial charge in [0.1, 0.15) is 11.6 Å². The molecule has 0 unspecified atom stereocenters. The Bertz CT molecular complexity index is 1050. The molecule has 0 fully saturated rings. The van der Waals surface area contributed by atoms with Crippen LogP contribution in [-0.4, -0.2) is 34.5 Å². The maximum Gasteiger partial charge on any atom is 0.251 e. The molecule has 0 saturated heterocycles. The third-order valence-electron chi connectivity index (χ3n) is 4.20. The number of amides is 1. The molecule has 0 saturated carbocycles. The molecule has 2 heterocycles. The lowest BCUT2D eigenvalue weighted by Gasteiger charge is -2.04. The van der Waals surface area contributed by atoms with Gasteiger partial charge in [0.15, 0.2) is 0 Å². The average molecular weight is 334 g/mol. The Morgan fingerprint density at radius 1 is 1.16 bits per heavy atom. The first-order chi connectivity index (χ1) is 12.2. The molecule has 4 aromatic rings. The summed E-state index contributed by atoms with van der Waals surface area (Å²) in [6.07, 6.45) is 2.50. The first-order valence-corrected chi connectivity index (χ1v) is 8.11. The monoisotopic (exact) mass is 334 g/mol. The van der Waals surface area contributed by atoms with Crippen LogP contribution in [0.25, 0.3) is 21.9 Å². The second-order valence-electron chi connectivity index (χ2n) is 5.85. The molecule has 3 N–H and O–H groups in total. The number of fused-ring (bicyclic) bond motifs is 2. The van der Waals surface area contributed by atoms with Crippen LogP contribution >= 0.6 is 0 Å². The maximum absolute atomic E-state index is 12.3. The number of rotatable bonds is 5. The van der Waals surface area contributed by atoms with Gasteiger partial charge < -0.3 is 20.0 Å². The minimum atomic E-state index is -0.0886. The topological polar surface area (TPSA) is 82.8 Å². The van der Waals surface area contributed by atoms with Crippen LogP contribution in [0.2, 0.25) is 0 Å². The van der Waals surface area contributed by atoms with Crippen LogP contribution in [0.1, 0.15) is 16.2 Å². The van der Waals surface area contributed by atoms with Gasteiger partial charge in [-0.15, -0.1) is 0 Å². The molecule has 0 radical (unpaired) electrons.